The average Bonchev–Trinajstić information content (AvgIpc) is 3.39. The highest BCUT2D eigenvalue weighted by Crippen LogP contribution is 2.34. The lowest BCUT2D eigenvalue weighted by Gasteiger charge is -2.36. The van der Waals surface area contributed by atoms with Crippen molar-refractivity contribution in [2.75, 3.05) is 31.1 Å². The number of nitrogens with zero attached hydrogens (tertiary/aromatic N) is 4. The van der Waals surface area contributed by atoms with E-state index in [1.54, 1.807) is 23.2 Å². The molecule has 8 nitrogen and oxygen atoms in total. The minimum atomic E-state index is -0.216. The number of carbonyl (C=O) groups excluding carboxylic acids is 1. The number of fused-ring (bicyclic) bond motifs is 1. The largest absolute Gasteiger partial charge is 0.376 e. The molecule has 33 heavy (non-hydrogen) atoms. The fraction of sp³-hybridized carbons (Fsp3) is 0.478. The van der Waals surface area contributed by atoms with Crippen LogP contribution in [0.25, 0.3) is 11.7 Å². The van der Waals surface area contributed by atoms with Crippen LogP contribution >= 0.6 is 24.0 Å². The second-order valence-electron chi connectivity index (χ2n) is 8.67. The van der Waals surface area contributed by atoms with Gasteiger partial charge in [0.05, 0.1) is 35.3 Å². The summed E-state index contributed by atoms with van der Waals surface area (Å²) < 4.78 is 13.6. The number of pyridine rings is 1. The Kier molecular flexibility index (Phi) is 6.26. The molecule has 1 amide bonds. The maximum atomic E-state index is 13.5. The molecule has 0 aliphatic carbocycles. The van der Waals surface area contributed by atoms with Gasteiger partial charge >= 0.3 is 0 Å². The van der Waals surface area contributed by atoms with Gasteiger partial charge in [0.2, 0.25) is 0 Å². The molecule has 0 radical (unpaired) electrons. The Morgan fingerprint density at radius 2 is 2.03 bits per heavy atom. The molecule has 5 heterocycles. The second kappa shape index (κ2) is 9.17. The van der Waals surface area contributed by atoms with E-state index in [1.807, 2.05) is 26.0 Å². The lowest BCUT2D eigenvalue weighted by molar-refractivity contribution is -0.123. The molecule has 3 atom stereocenters. The number of aromatic nitrogens is 2. The monoisotopic (exact) mass is 486 g/mol. The number of anilines is 1. The number of morpholine rings is 1. The maximum Gasteiger partial charge on any atom is 0.267 e. The van der Waals surface area contributed by atoms with Crippen molar-refractivity contribution in [3.05, 3.63) is 45.2 Å². The molecule has 3 saturated heterocycles. The molecule has 0 aromatic carbocycles. The van der Waals surface area contributed by atoms with Gasteiger partial charge < -0.3 is 14.4 Å². The van der Waals surface area contributed by atoms with Crippen molar-refractivity contribution in [2.45, 2.75) is 45.0 Å². The van der Waals surface area contributed by atoms with Crippen LogP contribution in [0.15, 0.2) is 34.1 Å². The molecular formula is C23H26N4O4S2. The SMILES string of the molecule is CC1CN(c2nc3ccccn3c(=O)c2C=C2SC(=S)N(CC3CCCO3)C2=O)CC(C)O1. The number of ether oxygens (including phenoxy) is 2. The van der Waals surface area contributed by atoms with E-state index in [-0.39, 0.29) is 29.8 Å². The fourth-order valence-corrected chi connectivity index (χ4v) is 5.85. The number of thioether (sulfide) groups is 1. The van der Waals surface area contributed by atoms with Gasteiger partial charge in [0.15, 0.2) is 0 Å². The summed E-state index contributed by atoms with van der Waals surface area (Å²) in [6.07, 6.45) is 5.28. The number of rotatable bonds is 4. The Bertz CT molecular complexity index is 1180. The lowest BCUT2D eigenvalue weighted by Crippen LogP contribution is -2.46. The van der Waals surface area contributed by atoms with E-state index in [0.29, 0.717) is 52.5 Å². The summed E-state index contributed by atoms with van der Waals surface area (Å²) in [5.41, 5.74) is 0.733. The zero-order valence-electron chi connectivity index (χ0n) is 18.6. The van der Waals surface area contributed by atoms with E-state index >= 15 is 0 Å². The van der Waals surface area contributed by atoms with E-state index in [9.17, 15) is 9.59 Å². The Hall–Kier alpha value is -2.27. The van der Waals surface area contributed by atoms with Gasteiger partial charge in [0.1, 0.15) is 15.8 Å². The van der Waals surface area contributed by atoms with Crippen molar-refractivity contribution >= 4 is 51.7 Å². The van der Waals surface area contributed by atoms with Crippen molar-refractivity contribution in [3.63, 3.8) is 0 Å². The minimum Gasteiger partial charge on any atom is -0.376 e. The molecule has 174 valence electrons. The van der Waals surface area contributed by atoms with Crippen LogP contribution in [0.2, 0.25) is 0 Å². The van der Waals surface area contributed by atoms with Crippen LogP contribution < -0.4 is 10.5 Å². The van der Waals surface area contributed by atoms with Crippen molar-refractivity contribution < 1.29 is 14.3 Å². The van der Waals surface area contributed by atoms with E-state index in [1.165, 1.54) is 16.2 Å². The van der Waals surface area contributed by atoms with Crippen molar-refractivity contribution in [1.29, 1.82) is 0 Å². The maximum absolute atomic E-state index is 13.5. The van der Waals surface area contributed by atoms with Crippen molar-refractivity contribution in [1.82, 2.24) is 14.3 Å². The first-order valence-corrected chi connectivity index (χ1v) is 12.4. The first-order valence-electron chi connectivity index (χ1n) is 11.2. The molecule has 3 aliphatic rings. The van der Waals surface area contributed by atoms with E-state index in [4.69, 9.17) is 26.7 Å². The zero-order chi connectivity index (χ0) is 23.1. The summed E-state index contributed by atoms with van der Waals surface area (Å²) in [6, 6.07) is 5.45. The quantitative estimate of drug-likeness (QED) is 0.482. The smallest absolute Gasteiger partial charge is 0.267 e. The predicted molar refractivity (Wildman–Crippen MR) is 133 cm³/mol. The van der Waals surface area contributed by atoms with E-state index < -0.39 is 0 Å². The van der Waals surface area contributed by atoms with Crippen molar-refractivity contribution in [3.8, 4) is 0 Å². The summed E-state index contributed by atoms with van der Waals surface area (Å²) >= 11 is 6.71. The third-order valence-electron chi connectivity index (χ3n) is 6.03. The molecule has 0 N–H and O–H groups in total. The average molecular weight is 487 g/mol. The van der Waals surface area contributed by atoms with Crippen LogP contribution in [-0.4, -0.2) is 69.1 Å². The van der Waals surface area contributed by atoms with Gasteiger partial charge in [-0.15, -0.1) is 0 Å². The van der Waals surface area contributed by atoms with Crippen LogP contribution in [0, 0.1) is 0 Å². The Balaban J connectivity index is 1.56. The number of amides is 1. The summed E-state index contributed by atoms with van der Waals surface area (Å²) in [5.74, 6) is 0.380. The van der Waals surface area contributed by atoms with Crippen LogP contribution in [-0.2, 0) is 14.3 Å². The molecule has 3 unspecified atom stereocenters. The minimum absolute atomic E-state index is 0.00208. The summed E-state index contributed by atoms with van der Waals surface area (Å²) in [4.78, 5) is 35.6. The fourth-order valence-electron chi connectivity index (χ4n) is 4.59. The highest BCUT2D eigenvalue weighted by molar-refractivity contribution is 8.26. The predicted octanol–water partition coefficient (Wildman–Crippen LogP) is 2.69. The van der Waals surface area contributed by atoms with E-state index in [2.05, 4.69) is 4.90 Å². The first-order chi connectivity index (χ1) is 15.9. The van der Waals surface area contributed by atoms with Crippen LogP contribution in [0.5, 0.6) is 0 Å². The number of thiocarbonyl (C=S) groups is 1. The van der Waals surface area contributed by atoms with Crippen LogP contribution in [0.3, 0.4) is 0 Å². The third-order valence-corrected chi connectivity index (χ3v) is 7.41. The Morgan fingerprint density at radius 1 is 1.24 bits per heavy atom. The van der Waals surface area contributed by atoms with Crippen molar-refractivity contribution in [2.24, 2.45) is 0 Å². The molecule has 5 rings (SSSR count). The zero-order valence-corrected chi connectivity index (χ0v) is 20.2. The normalized spacial score (nSPS) is 27.3. The number of carbonyl (C=O) groups is 1. The van der Waals surface area contributed by atoms with Gasteiger partial charge in [-0.1, -0.05) is 30.0 Å². The van der Waals surface area contributed by atoms with Crippen LogP contribution in [0.1, 0.15) is 32.3 Å². The second-order valence-corrected chi connectivity index (χ2v) is 10.3. The summed E-state index contributed by atoms with van der Waals surface area (Å²) in [5, 5.41) is 0. The highest BCUT2D eigenvalue weighted by atomic mass is 32.2. The van der Waals surface area contributed by atoms with Crippen LogP contribution in [0.4, 0.5) is 5.82 Å². The van der Waals surface area contributed by atoms with Gasteiger partial charge in [-0.3, -0.25) is 18.9 Å². The number of hydrogen-bond acceptors (Lipinski definition) is 8. The molecule has 3 fully saturated rings. The highest BCUT2D eigenvalue weighted by Gasteiger charge is 2.35. The summed E-state index contributed by atoms with van der Waals surface area (Å²) in [6.45, 7) is 6.40. The Labute approximate surface area is 201 Å². The van der Waals surface area contributed by atoms with Gasteiger partial charge in [0.25, 0.3) is 11.5 Å². The molecular weight excluding hydrogens is 460 g/mol. The van der Waals surface area contributed by atoms with E-state index in [0.717, 1.165) is 12.8 Å². The van der Waals surface area contributed by atoms with Gasteiger partial charge in [-0.25, -0.2) is 4.98 Å². The topological polar surface area (TPSA) is 76.4 Å². The van der Waals surface area contributed by atoms with Gasteiger partial charge in [-0.2, -0.15) is 0 Å². The Morgan fingerprint density at radius 3 is 2.76 bits per heavy atom. The molecule has 2 aromatic heterocycles. The molecule has 3 aliphatic heterocycles. The standard InChI is InChI=1S/C23H26N4O4S2/c1-14-11-25(12-15(2)31-14)20-17(21(28)26-8-4-3-7-19(26)24-20)10-18-22(29)27(23(32)33-18)13-16-6-5-9-30-16/h3-4,7-8,10,14-16H,5-6,9,11-13H2,1-2H3. The lowest BCUT2D eigenvalue weighted by atomic mass is 10.1. The molecule has 0 spiro atoms. The number of hydrogen-bond donors (Lipinski definition) is 0. The molecule has 2 aromatic rings. The third kappa shape index (κ3) is 4.44. The van der Waals surface area contributed by atoms with Gasteiger partial charge in [0, 0.05) is 25.9 Å². The summed E-state index contributed by atoms with van der Waals surface area (Å²) in [7, 11) is 0. The van der Waals surface area contributed by atoms with Gasteiger partial charge in [-0.05, 0) is 44.9 Å². The molecule has 0 saturated carbocycles. The molecule has 10 heteroatoms. The molecule has 0 bridgehead atoms. The first kappa shape index (κ1) is 22.5.